The number of thioether (sulfide) groups is 1. The second-order valence-corrected chi connectivity index (χ2v) is 9.35. The van der Waals surface area contributed by atoms with E-state index in [1.165, 1.54) is 11.8 Å². The molecule has 1 rings (SSSR count). The lowest BCUT2D eigenvalue weighted by Gasteiger charge is -2.28. The second-order valence-electron chi connectivity index (χ2n) is 8.19. The van der Waals surface area contributed by atoms with E-state index in [0.29, 0.717) is 11.3 Å². The maximum atomic E-state index is 12.6. The molecule has 0 aliphatic carbocycles. The van der Waals surface area contributed by atoms with Crippen molar-refractivity contribution in [1.29, 1.82) is 0 Å². The number of aliphatic carboxylic acids is 1. The van der Waals surface area contributed by atoms with Gasteiger partial charge in [0.1, 0.15) is 11.2 Å². The Balaban J connectivity index is 2.97. The van der Waals surface area contributed by atoms with Crippen LogP contribution in [0.3, 0.4) is 0 Å². The summed E-state index contributed by atoms with van der Waals surface area (Å²) >= 11 is 1.40. The summed E-state index contributed by atoms with van der Waals surface area (Å²) in [5, 5.41) is 8.75. The van der Waals surface area contributed by atoms with Gasteiger partial charge in [0.15, 0.2) is 0 Å². The molecule has 1 N–H and O–H groups in total. The summed E-state index contributed by atoms with van der Waals surface area (Å²) in [5.41, 5.74) is -0.811. The quantitative estimate of drug-likeness (QED) is 0.664. The van der Waals surface area contributed by atoms with E-state index >= 15 is 0 Å². The molecule has 0 heterocycles. The maximum absolute atomic E-state index is 12.6. The predicted molar refractivity (Wildman–Crippen MR) is 107 cm³/mol. The van der Waals surface area contributed by atoms with E-state index in [1.54, 1.807) is 53.7 Å². The minimum Gasteiger partial charge on any atom is -0.481 e. The van der Waals surface area contributed by atoms with Crippen molar-refractivity contribution < 1.29 is 29.0 Å². The summed E-state index contributed by atoms with van der Waals surface area (Å²) in [5.74, 6) is -0.426. The Morgan fingerprint density at radius 2 is 1.54 bits per heavy atom. The first-order chi connectivity index (χ1) is 12.8. The number of amides is 2. The molecule has 0 bridgehead atoms. The lowest BCUT2D eigenvalue weighted by molar-refractivity contribution is -0.136. The van der Waals surface area contributed by atoms with Crippen LogP contribution < -0.4 is 0 Å². The van der Waals surface area contributed by atoms with Crippen molar-refractivity contribution in [3.63, 3.8) is 0 Å². The SMILES string of the molecule is CC(C)(C)OC(=O)N(Cc1cccc(SCCC(=O)O)c1)C(=O)OC(C)(C)C. The number of nitrogens with zero attached hydrogens (tertiary/aromatic N) is 1. The monoisotopic (exact) mass is 411 g/mol. The fraction of sp³-hybridized carbons (Fsp3) is 0.550. The van der Waals surface area contributed by atoms with Gasteiger partial charge in [-0.15, -0.1) is 11.8 Å². The van der Waals surface area contributed by atoms with Crippen molar-refractivity contribution in [2.75, 3.05) is 5.75 Å². The Kier molecular flexibility index (Phi) is 8.35. The number of imide groups is 1. The molecule has 7 nitrogen and oxygen atoms in total. The number of hydrogen-bond donors (Lipinski definition) is 1. The molecular weight excluding hydrogens is 382 g/mol. The van der Waals surface area contributed by atoms with Crippen molar-refractivity contribution in [2.24, 2.45) is 0 Å². The van der Waals surface area contributed by atoms with E-state index in [4.69, 9.17) is 14.6 Å². The molecule has 1 aromatic rings. The summed E-state index contributed by atoms with van der Waals surface area (Å²) in [6, 6.07) is 7.24. The number of carbonyl (C=O) groups is 3. The maximum Gasteiger partial charge on any atom is 0.420 e. The lowest BCUT2D eigenvalue weighted by Crippen LogP contribution is -2.43. The van der Waals surface area contributed by atoms with E-state index < -0.39 is 29.4 Å². The molecule has 0 spiro atoms. The molecule has 0 unspecified atom stereocenters. The van der Waals surface area contributed by atoms with Crippen LogP contribution in [0.1, 0.15) is 53.5 Å². The van der Waals surface area contributed by atoms with Gasteiger partial charge in [-0.25, -0.2) is 14.5 Å². The summed E-state index contributed by atoms with van der Waals surface area (Å²) in [6.45, 7) is 10.3. The van der Waals surface area contributed by atoms with Gasteiger partial charge in [0.05, 0.1) is 13.0 Å². The van der Waals surface area contributed by atoms with Crippen LogP contribution in [0.25, 0.3) is 0 Å². The van der Waals surface area contributed by atoms with Gasteiger partial charge in [0, 0.05) is 10.6 Å². The molecule has 0 saturated heterocycles. The van der Waals surface area contributed by atoms with Crippen molar-refractivity contribution in [1.82, 2.24) is 4.90 Å². The van der Waals surface area contributed by atoms with E-state index in [-0.39, 0.29) is 13.0 Å². The van der Waals surface area contributed by atoms with Crippen LogP contribution in [0, 0.1) is 0 Å². The molecule has 0 radical (unpaired) electrons. The zero-order valence-electron chi connectivity index (χ0n) is 17.3. The van der Waals surface area contributed by atoms with E-state index in [1.807, 2.05) is 12.1 Å². The highest BCUT2D eigenvalue weighted by molar-refractivity contribution is 7.99. The first-order valence-electron chi connectivity index (χ1n) is 8.94. The van der Waals surface area contributed by atoms with Crippen molar-refractivity contribution in [3.8, 4) is 0 Å². The zero-order chi connectivity index (χ0) is 21.5. The van der Waals surface area contributed by atoms with Crippen LogP contribution in [-0.2, 0) is 20.8 Å². The molecule has 0 fully saturated rings. The fourth-order valence-corrected chi connectivity index (χ4v) is 2.93. The van der Waals surface area contributed by atoms with Gasteiger partial charge >= 0.3 is 18.2 Å². The van der Waals surface area contributed by atoms with Gasteiger partial charge in [-0.3, -0.25) is 4.79 Å². The molecule has 0 atom stereocenters. The molecule has 2 amide bonds. The Labute approximate surface area is 170 Å². The van der Waals surface area contributed by atoms with Crippen LogP contribution in [0.4, 0.5) is 9.59 Å². The van der Waals surface area contributed by atoms with Gasteiger partial charge in [-0.2, -0.15) is 0 Å². The van der Waals surface area contributed by atoms with Crippen molar-refractivity contribution in [2.45, 2.75) is 70.6 Å². The number of hydrogen-bond acceptors (Lipinski definition) is 6. The Morgan fingerprint density at radius 1 is 1.00 bits per heavy atom. The Bertz CT molecular complexity index is 677. The molecule has 8 heteroatoms. The van der Waals surface area contributed by atoms with Gasteiger partial charge in [-0.05, 0) is 59.2 Å². The number of carbonyl (C=O) groups excluding carboxylic acids is 2. The summed E-state index contributed by atoms with van der Waals surface area (Å²) < 4.78 is 10.7. The lowest BCUT2D eigenvalue weighted by atomic mass is 10.2. The van der Waals surface area contributed by atoms with Crippen molar-refractivity contribution >= 4 is 29.9 Å². The summed E-state index contributed by atoms with van der Waals surface area (Å²) in [7, 11) is 0. The zero-order valence-corrected chi connectivity index (χ0v) is 18.1. The normalized spacial score (nSPS) is 11.6. The van der Waals surface area contributed by atoms with E-state index in [2.05, 4.69) is 0 Å². The average molecular weight is 412 g/mol. The molecule has 156 valence electrons. The molecule has 0 saturated carbocycles. The number of rotatable bonds is 6. The minimum absolute atomic E-state index is 0.0167. The molecule has 0 aromatic heterocycles. The highest BCUT2D eigenvalue weighted by atomic mass is 32.2. The summed E-state index contributed by atoms with van der Waals surface area (Å²) in [6.07, 6.45) is -1.52. The Morgan fingerprint density at radius 3 is 2.00 bits per heavy atom. The number of ether oxygens (including phenoxy) is 2. The standard InChI is InChI=1S/C20H29NO6S/c1-19(2,3)26-17(24)21(18(25)27-20(4,5)6)13-14-8-7-9-15(12-14)28-11-10-16(22)23/h7-9,12H,10-11,13H2,1-6H3,(H,22,23). The van der Waals surface area contributed by atoms with Gasteiger partial charge in [-0.1, -0.05) is 12.1 Å². The molecule has 0 aliphatic heterocycles. The van der Waals surface area contributed by atoms with Crippen LogP contribution in [0.2, 0.25) is 0 Å². The van der Waals surface area contributed by atoms with E-state index in [9.17, 15) is 14.4 Å². The predicted octanol–water partition coefficient (Wildman–Crippen LogP) is 4.93. The van der Waals surface area contributed by atoms with Crippen LogP contribution in [-0.4, -0.2) is 45.1 Å². The highest BCUT2D eigenvalue weighted by Crippen LogP contribution is 2.22. The van der Waals surface area contributed by atoms with Gasteiger partial charge in [0.2, 0.25) is 0 Å². The molecule has 0 aliphatic rings. The van der Waals surface area contributed by atoms with Crippen molar-refractivity contribution in [3.05, 3.63) is 29.8 Å². The topological polar surface area (TPSA) is 93.1 Å². The third-order valence-electron chi connectivity index (χ3n) is 3.05. The molecular formula is C20H29NO6S. The molecule has 28 heavy (non-hydrogen) atoms. The third-order valence-corrected chi connectivity index (χ3v) is 4.05. The largest absolute Gasteiger partial charge is 0.481 e. The first-order valence-corrected chi connectivity index (χ1v) is 9.92. The second kappa shape index (κ2) is 9.82. The Hall–Kier alpha value is -2.22. The first kappa shape index (κ1) is 23.8. The van der Waals surface area contributed by atoms with Gasteiger partial charge in [0.25, 0.3) is 0 Å². The van der Waals surface area contributed by atoms with Crippen LogP contribution >= 0.6 is 11.8 Å². The highest BCUT2D eigenvalue weighted by Gasteiger charge is 2.31. The van der Waals surface area contributed by atoms with E-state index in [0.717, 1.165) is 9.80 Å². The van der Waals surface area contributed by atoms with Gasteiger partial charge < -0.3 is 14.6 Å². The number of carboxylic acid groups (broad SMARTS) is 1. The third kappa shape index (κ3) is 9.64. The molecule has 1 aromatic carbocycles. The smallest absolute Gasteiger partial charge is 0.420 e. The fourth-order valence-electron chi connectivity index (χ4n) is 2.01. The van der Waals surface area contributed by atoms with Crippen LogP contribution in [0.5, 0.6) is 0 Å². The number of carboxylic acids is 1. The van der Waals surface area contributed by atoms with Crippen LogP contribution in [0.15, 0.2) is 29.2 Å². The minimum atomic E-state index is -0.857. The number of benzene rings is 1. The summed E-state index contributed by atoms with van der Waals surface area (Å²) in [4.78, 5) is 37.5. The average Bonchev–Trinajstić information content (AvgIpc) is 2.49.